The first-order valence-electron chi connectivity index (χ1n) is 18.6. The lowest BCUT2D eigenvalue weighted by Gasteiger charge is -2.70. The van der Waals surface area contributed by atoms with E-state index in [0.29, 0.717) is 23.9 Å². The summed E-state index contributed by atoms with van der Waals surface area (Å²) in [5.41, 5.74) is 8.64. The molecule has 1 aromatic heterocycles. The highest BCUT2D eigenvalue weighted by Crippen LogP contribution is 2.76. The predicted molar refractivity (Wildman–Crippen MR) is 203 cm³/mol. The van der Waals surface area contributed by atoms with Gasteiger partial charge in [0.05, 0.1) is 12.5 Å². The molecule has 2 fully saturated rings. The number of ether oxygens (including phenoxy) is 1. The van der Waals surface area contributed by atoms with E-state index in [1.165, 1.54) is 30.2 Å². The monoisotopic (exact) mass is 682 g/mol. The van der Waals surface area contributed by atoms with Crippen LogP contribution in [0.3, 0.4) is 0 Å². The number of allylic oxidation sites excluding steroid dienone is 3. The summed E-state index contributed by atoms with van der Waals surface area (Å²) in [7, 11) is 1.54. The number of nitrogens with zero attached hydrogens (tertiary/aromatic N) is 1. The number of hydrogen-bond donors (Lipinski definition) is 1. The minimum Gasteiger partial charge on any atom is -0.469 e. The van der Waals surface area contributed by atoms with Gasteiger partial charge in [0.15, 0.2) is 5.58 Å². The molecule has 6 nitrogen and oxygen atoms in total. The number of aromatic nitrogens is 1. The molecule has 4 aliphatic carbocycles. The molecule has 0 radical (unpaired) electrons. The van der Waals surface area contributed by atoms with Crippen molar-refractivity contribution in [2.24, 2.45) is 33.0 Å². The first-order chi connectivity index (χ1) is 24.3. The summed E-state index contributed by atoms with van der Waals surface area (Å²) in [6.07, 6.45) is 13.5. The maximum atomic E-state index is 13.1. The number of esters is 1. The maximum absolute atomic E-state index is 13.1. The molecule has 0 unspecified atom stereocenters. The lowest BCUT2D eigenvalue weighted by molar-refractivity contribution is -0.190. The van der Waals surface area contributed by atoms with Gasteiger partial charge in [0, 0.05) is 28.7 Å². The van der Waals surface area contributed by atoms with E-state index >= 15 is 0 Å². The quantitative estimate of drug-likeness (QED) is 0.212. The second-order valence-corrected chi connectivity index (χ2v) is 17.1. The van der Waals surface area contributed by atoms with Crippen LogP contribution in [0.25, 0.3) is 34.2 Å². The van der Waals surface area contributed by atoms with Gasteiger partial charge in [0.1, 0.15) is 5.52 Å². The first kappa shape index (κ1) is 33.7. The molecule has 0 bridgehead atoms. The van der Waals surface area contributed by atoms with Gasteiger partial charge in [-0.25, -0.2) is 4.98 Å². The third kappa shape index (κ3) is 4.84. The van der Waals surface area contributed by atoms with Crippen molar-refractivity contribution < 1.29 is 18.7 Å². The van der Waals surface area contributed by atoms with E-state index in [-0.39, 0.29) is 33.5 Å². The zero-order chi connectivity index (χ0) is 36.0. The topological polar surface area (TPSA) is 81.4 Å². The summed E-state index contributed by atoms with van der Waals surface area (Å²) < 4.78 is 11.8. The number of nitrogens with one attached hydrogen (secondary N) is 1. The Morgan fingerprint density at radius 2 is 1.69 bits per heavy atom. The van der Waals surface area contributed by atoms with Crippen LogP contribution in [-0.2, 0) is 16.1 Å². The Morgan fingerprint density at radius 1 is 0.961 bits per heavy atom. The van der Waals surface area contributed by atoms with E-state index < -0.39 is 5.41 Å². The van der Waals surface area contributed by atoms with Crippen molar-refractivity contribution in [2.45, 2.75) is 86.6 Å². The molecule has 6 heteroatoms. The molecule has 2 saturated carbocycles. The van der Waals surface area contributed by atoms with Gasteiger partial charge in [-0.1, -0.05) is 76.3 Å². The normalized spacial score (nSPS) is 32.2. The van der Waals surface area contributed by atoms with Crippen LogP contribution in [0.5, 0.6) is 0 Å². The SMILES string of the molecule is COC(=O)[C@]1(C)CC[C@]2(C)CC[C@@]3(C)[C@@](C)(CC=C4c5cc6nc(-c7ccc(C(=O)NCc8ccccc8)cc7)oc6c(C)c5C=C[C@]43C)[C@H]2C1. The van der Waals surface area contributed by atoms with Crippen molar-refractivity contribution in [2.75, 3.05) is 7.11 Å². The van der Waals surface area contributed by atoms with Crippen molar-refractivity contribution in [1.82, 2.24) is 10.3 Å². The van der Waals surface area contributed by atoms with Gasteiger partial charge in [0.2, 0.25) is 5.89 Å². The van der Waals surface area contributed by atoms with Gasteiger partial charge in [-0.15, -0.1) is 0 Å². The minimum absolute atomic E-state index is 0.0101. The average molecular weight is 683 g/mol. The van der Waals surface area contributed by atoms with E-state index in [9.17, 15) is 9.59 Å². The van der Waals surface area contributed by atoms with Gasteiger partial charge < -0.3 is 14.5 Å². The summed E-state index contributed by atoms with van der Waals surface area (Å²) in [5.74, 6) is 0.787. The molecule has 4 aromatic rings. The molecule has 8 rings (SSSR count). The lowest BCUT2D eigenvalue weighted by Crippen LogP contribution is -2.63. The fourth-order valence-electron chi connectivity index (χ4n) is 10.9. The third-order valence-corrected chi connectivity index (χ3v) is 14.6. The van der Waals surface area contributed by atoms with Gasteiger partial charge in [-0.2, -0.15) is 0 Å². The highest BCUT2D eigenvalue weighted by Gasteiger charge is 2.68. The van der Waals surface area contributed by atoms with E-state index in [2.05, 4.69) is 71.2 Å². The van der Waals surface area contributed by atoms with Crippen molar-refractivity contribution in [3.8, 4) is 11.5 Å². The second-order valence-electron chi connectivity index (χ2n) is 17.1. The van der Waals surface area contributed by atoms with Crippen LogP contribution in [0.1, 0.15) is 106 Å². The number of carbonyl (C=O) groups is 2. The van der Waals surface area contributed by atoms with Gasteiger partial charge >= 0.3 is 5.97 Å². The Bertz CT molecular complexity index is 2130. The molecular formula is C45H50N2O4. The minimum atomic E-state index is -0.442. The molecule has 1 N–H and O–H groups in total. The van der Waals surface area contributed by atoms with Crippen LogP contribution in [0, 0.1) is 39.9 Å². The second kappa shape index (κ2) is 11.5. The van der Waals surface area contributed by atoms with Crippen molar-refractivity contribution >= 4 is 34.6 Å². The zero-order valence-electron chi connectivity index (χ0n) is 31.1. The highest BCUT2D eigenvalue weighted by atomic mass is 16.5. The molecule has 264 valence electrons. The van der Waals surface area contributed by atoms with Gasteiger partial charge in [-0.05, 0) is 127 Å². The fraction of sp³-hybridized carbons (Fsp3) is 0.444. The number of oxazole rings is 1. The number of aryl methyl sites for hydroxylation is 1. The lowest BCUT2D eigenvalue weighted by atomic mass is 9.33. The summed E-state index contributed by atoms with van der Waals surface area (Å²) >= 11 is 0. The molecule has 1 amide bonds. The molecular weight excluding hydrogens is 633 g/mol. The summed E-state index contributed by atoms with van der Waals surface area (Å²) in [5, 5.41) is 3.00. The number of methoxy groups -OCH3 is 1. The maximum Gasteiger partial charge on any atom is 0.311 e. The number of amides is 1. The van der Waals surface area contributed by atoms with Crippen LogP contribution < -0.4 is 5.32 Å². The van der Waals surface area contributed by atoms with Crippen LogP contribution in [0.4, 0.5) is 0 Å². The number of fused-ring (bicyclic) bond motifs is 8. The predicted octanol–water partition coefficient (Wildman–Crippen LogP) is 10.3. The third-order valence-electron chi connectivity index (χ3n) is 14.6. The van der Waals surface area contributed by atoms with Crippen LogP contribution in [-0.4, -0.2) is 24.0 Å². The molecule has 3 aromatic carbocycles. The van der Waals surface area contributed by atoms with E-state index in [1.54, 1.807) is 0 Å². The summed E-state index contributed by atoms with van der Waals surface area (Å²) in [4.78, 5) is 31.0. The number of rotatable bonds is 5. The largest absolute Gasteiger partial charge is 0.469 e. The smallest absolute Gasteiger partial charge is 0.311 e. The summed E-state index contributed by atoms with van der Waals surface area (Å²) in [6, 6.07) is 19.6. The first-order valence-corrected chi connectivity index (χ1v) is 18.6. The van der Waals surface area contributed by atoms with E-state index in [4.69, 9.17) is 14.1 Å². The van der Waals surface area contributed by atoms with Crippen molar-refractivity contribution in [1.29, 1.82) is 0 Å². The molecule has 4 aliphatic rings. The Hall–Kier alpha value is -4.45. The Kier molecular flexibility index (Phi) is 7.61. The van der Waals surface area contributed by atoms with Crippen LogP contribution in [0.15, 0.2) is 77.2 Å². The summed E-state index contributed by atoms with van der Waals surface area (Å²) in [6.45, 7) is 14.7. The number of benzene rings is 3. The van der Waals surface area contributed by atoms with E-state index in [1.807, 2.05) is 54.6 Å². The van der Waals surface area contributed by atoms with Gasteiger partial charge in [0.25, 0.3) is 5.91 Å². The van der Waals surface area contributed by atoms with Crippen LogP contribution in [0.2, 0.25) is 0 Å². The molecule has 0 spiro atoms. The highest BCUT2D eigenvalue weighted by molar-refractivity contribution is 5.95. The number of hydrogen-bond acceptors (Lipinski definition) is 5. The number of carbonyl (C=O) groups excluding carboxylic acids is 2. The Labute approximate surface area is 301 Å². The molecule has 0 saturated heterocycles. The van der Waals surface area contributed by atoms with Crippen molar-refractivity contribution in [3.05, 3.63) is 101 Å². The van der Waals surface area contributed by atoms with E-state index in [0.717, 1.165) is 59.9 Å². The van der Waals surface area contributed by atoms with Crippen molar-refractivity contribution in [3.63, 3.8) is 0 Å². The average Bonchev–Trinajstić information content (AvgIpc) is 3.57. The van der Waals surface area contributed by atoms with Crippen LogP contribution >= 0.6 is 0 Å². The zero-order valence-corrected chi connectivity index (χ0v) is 31.1. The molecule has 1 heterocycles. The fourth-order valence-corrected chi connectivity index (χ4v) is 10.9. The Balaban J connectivity index is 1.11. The standard InChI is InChI=1S/C45H50N2O4/c1-28-32-17-19-43(4)34(18-20-44(5)36-26-42(3,40(49)50-7)22-21-41(36,2)23-24-45(43,44)6)33(32)25-35-37(28)51-39(47-35)31-15-13-30(14-16-31)38(48)46-27-29-11-9-8-10-12-29/h8-19,25,36H,20-24,26-27H2,1-7H3,(H,46,48)/t36-,41+,42+,43+,44-,45+/m0/s1. The van der Waals surface area contributed by atoms with Gasteiger partial charge in [-0.3, -0.25) is 9.59 Å². The molecule has 51 heavy (non-hydrogen) atoms. The molecule has 0 aliphatic heterocycles. The molecule has 6 atom stereocenters. The Morgan fingerprint density at radius 3 is 2.41 bits per heavy atom.